The van der Waals surface area contributed by atoms with E-state index in [2.05, 4.69) is 0 Å². The molecule has 3 aromatic rings. The van der Waals surface area contributed by atoms with Gasteiger partial charge in [-0.15, -0.1) is 0 Å². The Morgan fingerprint density at radius 1 is 0.773 bits per heavy atom. The van der Waals surface area contributed by atoms with Gasteiger partial charge in [0.15, 0.2) is 12.2 Å². The molecule has 1 heterocycles. The van der Waals surface area contributed by atoms with E-state index in [4.69, 9.17) is 32.6 Å². The van der Waals surface area contributed by atoms with Crippen molar-refractivity contribution in [1.82, 2.24) is 0 Å². The number of hydrogen-bond acceptors (Lipinski definition) is 10. The number of halogens is 3. The summed E-state index contributed by atoms with van der Waals surface area (Å²) in [7, 11) is -3.65. The molecule has 0 amide bonds. The van der Waals surface area contributed by atoms with Gasteiger partial charge in [-0.3, -0.25) is 4.18 Å². The van der Waals surface area contributed by atoms with Gasteiger partial charge in [-0.2, -0.15) is 21.6 Å². The number of cyclic esters (lactones) is 1. The lowest BCUT2D eigenvalue weighted by Crippen LogP contribution is -2.48. The van der Waals surface area contributed by atoms with Gasteiger partial charge in [0, 0.05) is 14.2 Å². The fourth-order valence-corrected chi connectivity index (χ4v) is 5.47. The van der Waals surface area contributed by atoms with Crippen LogP contribution in [0.5, 0.6) is 0 Å². The van der Waals surface area contributed by atoms with E-state index in [0.717, 1.165) is 0 Å². The highest BCUT2D eigenvalue weighted by Gasteiger charge is 2.56. The predicted molar refractivity (Wildman–Crippen MR) is 148 cm³/mol. The molecule has 1 fully saturated rings. The lowest BCUT2D eigenvalue weighted by Gasteiger charge is -2.38. The van der Waals surface area contributed by atoms with Gasteiger partial charge in [-0.25, -0.2) is 4.79 Å². The maximum absolute atomic E-state index is 13.6. The van der Waals surface area contributed by atoms with E-state index >= 15 is 0 Å². The fraction of sp³-hybridized carbons (Fsp3) is 0.367. The maximum atomic E-state index is 13.6. The first kappa shape index (κ1) is 33.5. The number of rotatable bonds is 15. The Morgan fingerprint density at radius 2 is 1.23 bits per heavy atom. The van der Waals surface area contributed by atoms with Crippen LogP contribution >= 0.6 is 0 Å². The number of hydrogen-bond donors (Lipinski definition) is 0. The summed E-state index contributed by atoms with van der Waals surface area (Å²) in [5, 5.41) is 0. The Hall–Kier alpha value is -3.37. The van der Waals surface area contributed by atoms with Crippen LogP contribution in [-0.4, -0.2) is 78.7 Å². The Bertz CT molecular complexity index is 1340. The highest BCUT2D eigenvalue weighted by atomic mass is 32.2. The van der Waals surface area contributed by atoms with Gasteiger partial charge in [-0.05, 0) is 16.7 Å². The van der Waals surface area contributed by atoms with Crippen LogP contribution in [0.3, 0.4) is 0 Å². The lowest BCUT2D eigenvalue weighted by atomic mass is 9.80. The SMILES string of the molecule is COCO[C@@H]1[C@@H]([C@H](COC(c2ccccc2)(c2ccccc2)c2ccccc2)OS(=O)(=O)C(F)(F)F)OC(=O)[C@H]1OCOC. The van der Waals surface area contributed by atoms with Crippen LogP contribution in [0, 0.1) is 0 Å². The largest absolute Gasteiger partial charge is 0.523 e. The van der Waals surface area contributed by atoms with E-state index in [0.29, 0.717) is 16.7 Å². The average Bonchev–Trinajstić information content (AvgIpc) is 3.34. The molecule has 0 aromatic heterocycles. The molecular formula is C30H31F3O10S. The molecule has 238 valence electrons. The molecule has 0 radical (unpaired) electrons. The van der Waals surface area contributed by atoms with E-state index < -0.39 is 71.8 Å². The fourth-order valence-electron chi connectivity index (χ4n) is 4.87. The molecule has 1 saturated heterocycles. The summed E-state index contributed by atoms with van der Waals surface area (Å²) < 4.78 is 103. The molecule has 0 bridgehead atoms. The summed E-state index contributed by atoms with van der Waals surface area (Å²) in [5.74, 6) is -1.04. The molecule has 3 aromatic carbocycles. The zero-order valence-corrected chi connectivity index (χ0v) is 24.5. The van der Waals surface area contributed by atoms with Crippen molar-refractivity contribution in [2.45, 2.75) is 35.5 Å². The van der Waals surface area contributed by atoms with E-state index in [9.17, 15) is 26.4 Å². The van der Waals surface area contributed by atoms with E-state index in [1.165, 1.54) is 14.2 Å². The predicted octanol–water partition coefficient (Wildman–Crippen LogP) is 4.13. The molecule has 0 unspecified atom stereocenters. The normalized spacial score (nSPS) is 19.9. The van der Waals surface area contributed by atoms with Crippen molar-refractivity contribution >= 4 is 16.1 Å². The zero-order valence-electron chi connectivity index (χ0n) is 23.7. The first-order chi connectivity index (χ1) is 21.0. The zero-order chi connectivity index (χ0) is 31.8. The Kier molecular flexibility index (Phi) is 11.1. The van der Waals surface area contributed by atoms with Gasteiger partial charge in [0.25, 0.3) is 0 Å². The first-order valence-corrected chi connectivity index (χ1v) is 14.7. The van der Waals surface area contributed by atoms with Crippen LogP contribution in [0.1, 0.15) is 16.7 Å². The molecular weight excluding hydrogens is 609 g/mol. The van der Waals surface area contributed by atoms with Crippen LogP contribution < -0.4 is 0 Å². The monoisotopic (exact) mass is 640 g/mol. The van der Waals surface area contributed by atoms with Crippen molar-refractivity contribution in [2.75, 3.05) is 34.4 Å². The Morgan fingerprint density at radius 3 is 1.66 bits per heavy atom. The molecule has 1 aliphatic heterocycles. The van der Waals surface area contributed by atoms with E-state index in [1.807, 2.05) is 0 Å². The summed E-state index contributed by atoms with van der Waals surface area (Å²) >= 11 is 0. The van der Waals surface area contributed by atoms with Gasteiger partial charge < -0.3 is 28.4 Å². The van der Waals surface area contributed by atoms with Crippen LogP contribution in [0.15, 0.2) is 91.0 Å². The molecule has 4 atom stereocenters. The van der Waals surface area contributed by atoms with Gasteiger partial charge >= 0.3 is 21.6 Å². The number of benzene rings is 3. The third kappa shape index (κ3) is 7.29. The Balaban J connectivity index is 1.83. The van der Waals surface area contributed by atoms with Crippen LogP contribution in [0.25, 0.3) is 0 Å². The van der Waals surface area contributed by atoms with Crippen LogP contribution in [0.2, 0.25) is 0 Å². The molecule has 0 N–H and O–H groups in total. The molecule has 1 aliphatic rings. The number of alkyl halides is 3. The van der Waals surface area contributed by atoms with Gasteiger partial charge in [0.05, 0.1) is 6.61 Å². The van der Waals surface area contributed by atoms with Crippen LogP contribution in [-0.2, 0) is 53.1 Å². The van der Waals surface area contributed by atoms with Crippen molar-refractivity contribution in [3.63, 3.8) is 0 Å². The van der Waals surface area contributed by atoms with Gasteiger partial charge in [0.1, 0.15) is 31.4 Å². The van der Waals surface area contributed by atoms with Crippen molar-refractivity contribution < 1.29 is 59.0 Å². The second kappa shape index (κ2) is 14.6. The van der Waals surface area contributed by atoms with Crippen molar-refractivity contribution in [2.24, 2.45) is 0 Å². The number of methoxy groups -OCH3 is 2. The average molecular weight is 641 g/mol. The second-order valence-corrected chi connectivity index (χ2v) is 11.1. The van der Waals surface area contributed by atoms with E-state index in [-0.39, 0.29) is 0 Å². The summed E-state index contributed by atoms with van der Waals surface area (Å²) in [6.45, 7) is -1.66. The summed E-state index contributed by atoms with van der Waals surface area (Å²) in [5.41, 5.74) is -5.55. The topological polar surface area (TPSA) is 116 Å². The summed E-state index contributed by atoms with van der Waals surface area (Å²) in [4.78, 5) is 12.8. The highest BCUT2D eigenvalue weighted by molar-refractivity contribution is 7.87. The molecule has 10 nitrogen and oxygen atoms in total. The Labute approximate surface area is 252 Å². The summed E-state index contributed by atoms with van der Waals surface area (Å²) in [6, 6.07) is 26.4. The standard InChI is InChI=1S/C30H31F3O10S/c1-37-19-39-26-25(42-28(34)27(26)40-20-38-2)24(43-44(35,36)30(31,32)33)18-41-29(21-12-6-3-7-13-21,22-14-8-4-9-15-22)23-16-10-5-11-17-23/h3-17,24-27H,18-20H2,1-2H3/t24-,25+,26+,27-/m0/s1. The minimum Gasteiger partial charge on any atom is -0.455 e. The molecule has 0 saturated carbocycles. The smallest absolute Gasteiger partial charge is 0.455 e. The van der Waals surface area contributed by atoms with Gasteiger partial charge in [-0.1, -0.05) is 91.0 Å². The minimum absolute atomic E-state index is 0.401. The number of carbonyl (C=O) groups excluding carboxylic acids is 1. The van der Waals surface area contributed by atoms with Crippen molar-refractivity contribution in [1.29, 1.82) is 0 Å². The summed E-state index contributed by atoms with van der Waals surface area (Å²) in [6.07, 6.45) is -6.76. The number of esters is 1. The third-order valence-corrected chi connectivity index (χ3v) is 7.82. The number of carbonyl (C=O) groups is 1. The second-order valence-electron chi connectivity index (χ2n) is 9.56. The number of ether oxygens (including phenoxy) is 6. The quantitative estimate of drug-likeness (QED) is 0.0790. The minimum atomic E-state index is -6.22. The molecule has 44 heavy (non-hydrogen) atoms. The van der Waals surface area contributed by atoms with Crippen molar-refractivity contribution in [3.8, 4) is 0 Å². The lowest BCUT2D eigenvalue weighted by molar-refractivity contribution is -0.165. The van der Waals surface area contributed by atoms with Gasteiger partial charge in [0.2, 0.25) is 0 Å². The van der Waals surface area contributed by atoms with Crippen LogP contribution in [0.4, 0.5) is 13.2 Å². The molecule has 14 heteroatoms. The highest BCUT2D eigenvalue weighted by Crippen LogP contribution is 2.41. The van der Waals surface area contributed by atoms with Crippen molar-refractivity contribution in [3.05, 3.63) is 108 Å². The molecule has 4 rings (SSSR count). The maximum Gasteiger partial charge on any atom is 0.523 e. The molecule has 0 aliphatic carbocycles. The third-order valence-electron chi connectivity index (χ3n) is 6.76. The molecule has 0 spiro atoms. The first-order valence-electron chi connectivity index (χ1n) is 13.3. The van der Waals surface area contributed by atoms with E-state index in [1.54, 1.807) is 91.0 Å².